The van der Waals surface area contributed by atoms with Gasteiger partial charge in [-0.05, 0) is 30.7 Å². The summed E-state index contributed by atoms with van der Waals surface area (Å²) >= 11 is 6.53. The Morgan fingerprint density at radius 3 is 2.75 bits per heavy atom. The average Bonchev–Trinajstić information content (AvgIpc) is 3.28. The zero-order valence-corrected chi connectivity index (χ0v) is 21.7. The van der Waals surface area contributed by atoms with E-state index in [-0.39, 0.29) is 38.1 Å². The van der Waals surface area contributed by atoms with Crippen LogP contribution < -0.4 is 4.74 Å². The molecule has 0 saturated carbocycles. The highest BCUT2D eigenvalue weighted by atomic mass is 35.5. The van der Waals surface area contributed by atoms with E-state index in [4.69, 9.17) is 21.3 Å². The lowest BCUT2D eigenvalue weighted by Crippen LogP contribution is -2.36. The number of aryl methyl sites for hydroxylation is 2. The third-order valence-electron chi connectivity index (χ3n) is 6.03. The van der Waals surface area contributed by atoms with Gasteiger partial charge in [0.1, 0.15) is 17.9 Å². The number of nitrogens with zero attached hydrogens (tertiary/aromatic N) is 5. The number of para-hydroxylation sites is 1. The minimum Gasteiger partial charge on any atom is -0.487 e. The Morgan fingerprint density at radius 2 is 2.06 bits per heavy atom. The molecule has 0 aliphatic carbocycles. The second-order valence-corrected chi connectivity index (χ2v) is 9.40. The summed E-state index contributed by atoms with van der Waals surface area (Å²) in [6.07, 6.45) is 5.03. The zero-order chi connectivity index (χ0) is 25.8. The molecule has 1 aromatic carbocycles. The van der Waals surface area contributed by atoms with Gasteiger partial charge in [-0.1, -0.05) is 37.6 Å². The molecular weight excluding hydrogens is 478 g/mol. The predicted octanol–water partition coefficient (Wildman–Crippen LogP) is 4.55. The van der Waals surface area contributed by atoms with Gasteiger partial charge < -0.3 is 14.7 Å². The van der Waals surface area contributed by atoms with Gasteiger partial charge in [-0.15, -0.1) is 0 Å². The van der Waals surface area contributed by atoms with Crippen LogP contribution in [-0.2, 0) is 25.0 Å². The van der Waals surface area contributed by atoms with Crippen molar-refractivity contribution < 1.29 is 14.6 Å². The number of rotatable bonds is 9. The van der Waals surface area contributed by atoms with E-state index in [0.29, 0.717) is 10.8 Å². The molecule has 9 heteroatoms. The van der Waals surface area contributed by atoms with Crippen molar-refractivity contribution in [3.63, 3.8) is 0 Å². The molecular formula is C27H30ClN5O3. The average molecular weight is 508 g/mol. The van der Waals surface area contributed by atoms with Crippen molar-refractivity contribution in [2.75, 3.05) is 13.2 Å². The molecule has 1 N–H and O–H groups in total. The molecule has 3 heterocycles. The number of aliphatic hydroxyl groups excluding tert-OH is 1. The van der Waals surface area contributed by atoms with Crippen molar-refractivity contribution in [2.24, 2.45) is 13.0 Å². The second kappa shape index (κ2) is 11.1. The number of benzene rings is 1. The van der Waals surface area contributed by atoms with E-state index in [1.165, 1.54) is 0 Å². The van der Waals surface area contributed by atoms with Crippen LogP contribution in [0, 0.1) is 12.8 Å². The SMILES string of the molecule is Cc1cc(-c2ccnn2C)c2cccc(OCc3c(Cl)cncc3CN(CCO)C(=O)C(C)C)c2n1. The molecule has 4 rings (SSSR count). The first-order valence-corrected chi connectivity index (χ1v) is 12.2. The lowest BCUT2D eigenvalue weighted by molar-refractivity contribution is -0.135. The normalized spacial score (nSPS) is 11.3. The van der Waals surface area contributed by atoms with Crippen LogP contribution in [0.3, 0.4) is 0 Å². The molecule has 0 fully saturated rings. The molecule has 0 atom stereocenters. The van der Waals surface area contributed by atoms with Crippen LogP contribution in [0.15, 0.2) is 48.9 Å². The van der Waals surface area contributed by atoms with Gasteiger partial charge >= 0.3 is 0 Å². The number of amides is 1. The molecule has 1 amide bonds. The maximum atomic E-state index is 12.7. The summed E-state index contributed by atoms with van der Waals surface area (Å²) in [6.45, 7) is 6.18. The van der Waals surface area contributed by atoms with E-state index in [0.717, 1.165) is 39.0 Å². The summed E-state index contributed by atoms with van der Waals surface area (Å²) in [5, 5.41) is 15.2. The molecule has 0 spiro atoms. The minimum atomic E-state index is -0.193. The molecule has 3 aromatic heterocycles. The molecule has 0 bridgehead atoms. The van der Waals surface area contributed by atoms with Crippen molar-refractivity contribution in [1.82, 2.24) is 24.6 Å². The van der Waals surface area contributed by atoms with Crippen LogP contribution in [0.2, 0.25) is 5.02 Å². The fourth-order valence-corrected chi connectivity index (χ4v) is 4.46. The maximum Gasteiger partial charge on any atom is 0.225 e. The Bertz CT molecular complexity index is 1390. The highest BCUT2D eigenvalue weighted by molar-refractivity contribution is 6.31. The van der Waals surface area contributed by atoms with Gasteiger partial charge in [-0.2, -0.15) is 5.10 Å². The van der Waals surface area contributed by atoms with Crippen LogP contribution in [-0.4, -0.2) is 48.8 Å². The van der Waals surface area contributed by atoms with Gasteiger partial charge in [0.15, 0.2) is 0 Å². The largest absolute Gasteiger partial charge is 0.487 e. The van der Waals surface area contributed by atoms with Crippen LogP contribution in [0.25, 0.3) is 22.2 Å². The zero-order valence-electron chi connectivity index (χ0n) is 20.9. The molecule has 4 aromatic rings. The number of pyridine rings is 2. The fourth-order valence-electron chi connectivity index (χ4n) is 4.23. The molecule has 0 saturated heterocycles. The maximum absolute atomic E-state index is 12.7. The molecule has 36 heavy (non-hydrogen) atoms. The van der Waals surface area contributed by atoms with Crippen LogP contribution in [0.5, 0.6) is 5.75 Å². The van der Waals surface area contributed by atoms with Gasteiger partial charge in [0, 0.05) is 66.9 Å². The summed E-state index contributed by atoms with van der Waals surface area (Å²) in [5.74, 6) is 0.387. The first kappa shape index (κ1) is 25.6. The van der Waals surface area contributed by atoms with E-state index in [2.05, 4.69) is 10.1 Å². The summed E-state index contributed by atoms with van der Waals surface area (Å²) in [5.41, 5.74) is 5.13. The summed E-state index contributed by atoms with van der Waals surface area (Å²) in [6, 6.07) is 9.86. The standard InChI is InChI=1S/C27H30ClN5O3/c1-17(2)27(35)33(10-11-34)15-19-13-29-14-23(28)22(19)16-36-25-7-5-6-20-21(12-18(3)31-26(20)25)24-8-9-30-32(24)4/h5-9,12-14,17,34H,10-11,15-16H2,1-4H3. The number of fused-ring (bicyclic) bond motifs is 1. The minimum absolute atomic E-state index is 0.0488. The molecule has 0 radical (unpaired) electrons. The Morgan fingerprint density at radius 1 is 1.25 bits per heavy atom. The van der Waals surface area contributed by atoms with E-state index < -0.39 is 0 Å². The van der Waals surface area contributed by atoms with E-state index in [1.54, 1.807) is 23.5 Å². The molecule has 0 aliphatic rings. The number of hydrogen-bond acceptors (Lipinski definition) is 6. The smallest absolute Gasteiger partial charge is 0.225 e. The number of carbonyl (C=O) groups excluding carboxylic acids is 1. The number of aromatic nitrogens is 4. The van der Waals surface area contributed by atoms with Crippen molar-refractivity contribution in [1.29, 1.82) is 0 Å². The molecule has 0 aliphatic heterocycles. The third-order valence-corrected chi connectivity index (χ3v) is 6.36. The van der Waals surface area contributed by atoms with Crippen LogP contribution in [0.4, 0.5) is 0 Å². The van der Waals surface area contributed by atoms with Gasteiger partial charge in [0.2, 0.25) is 5.91 Å². The van der Waals surface area contributed by atoms with Gasteiger partial charge in [-0.3, -0.25) is 14.5 Å². The van der Waals surface area contributed by atoms with Crippen molar-refractivity contribution in [3.05, 3.63) is 70.8 Å². The van der Waals surface area contributed by atoms with Crippen molar-refractivity contribution >= 4 is 28.4 Å². The Kier molecular flexibility index (Phi) is 7.86. The van der Waals surface area contributed by atoms with Crippen molar-refractivity contribution in [2.45, 2.75) is 33.9 Å². The lowest BCUT2D eigenvalue weighted by atomic mass is 10.0. The topological polar surface area (TPSA) is 93.4 Å². The van der Waals surface area contributed by atoms with E-state index >= 15 is 0 Å². The number of aliphatic hydroxyl groups is 1. The summed E-state index contributed by atoms with van der Waals surface area (Å²) < 4.78 is 8.12. The lowest BCUT2D eigenvalue weighted by Gasteiger charge is -2.25. The Hall–Kier alpha value is -3.49. The van der Waals surface area contributed by atoms with E-state index in [9.17, 15) is 9.90 Å². The number of hydrogen-bond donors (Lipinski definition) is 1. The van der Waals surface area contributed by atoms with E-state index in [1.807, 2.05) is 62.8 Å². The third kappa shape index (κ3) is 5.34. The monoisotopic (exact) mass is 507 g/mol. The first-order chi connectivity index (χ1) is 17.3. The first-order valence-electron chi connectivity index (χ1n) is 11.8. The number of halogens is 1. The summed E-state index contributed by atoms with van der Waals surface area (Å²) in [4.78, 5) is 23.3. The highest BCUT2D eigenvalue weighted by Gasteiger charge is 2.20. The van der Waals surface area contributed by atoms with Crippen LogP contribution >= 0.6 is 11.6 Å². The Labute approximate surface area is 215 Å². The van der Waals surface area contributed by atoms with Gasteiger partial charge in [-0.25, -0.2) is 4.98 Å². The number of carbonyl (C=O) groups is 1. The van der Waals surface area contributed by atoms with Gasteiger partial charge in [0.05, 0.1) is 17.3 Å². The fraction of sp³-hybridized carbons (Fsp3) is 0.333. The van der Waals surface area contributed by atoms with Crippen LogP contribution in [0.1, 0.15) is 30.7 Å². The van der Waals surface area contributed by atoms with Gasteiger partial charge in [0.25, 0.3) is 0 Å². The number of ether oxygens (including phenoxy) is 1. The highest BCUT2D eigenvalue weighted by Crippen LogP contribution is 2.34. The molecule has 0 unspecified atom stereocenters. The quantitative estimate of drug-likeness (QED) is 0.357. The van der Waals surface area contributed by atoms with Crippen molar-refractivity contribution in [3.8, 4) is 17.0 Å². The second-order valence-electron chi connectivity index (χ2n) is 8.99. The molecule has 8 nitrogen and oxygen atoms in total. The molecule has 188 valence electrons. The predicted molar refractivity (Wildman–Crippen MR) is 140 cm³/mol. The summed E-state index contributed by atoms with van der Waals surface area (Å²) in [7, 11) is 1.91. The Balaban J connectivity index is 1.67.